The molecular weight excluding hydrogens is 237 g/mol. The van der Waals surface area contributed by atoms with E-state index in [1.54, 1.807) is 18.5 Å². The number of nitrogens with two attached hydrogens (primary N) is 1. The fourth-order valence-corrected chi connectivity index (χ4v) is 8.74. The standard InChI is InChI=1S/C16H38NP/c1-4-7-10-15-18(13-8-5-2,14-9-6-3)16-11-12-17/h18H,4-17H2,1-3H3. The molecular formula is C16H38NP. The Labute approximate surface area is 117 Å². The molecule has 2 N–H and O–H groups in total. The van der Waals surface area contributed by atoms with Crippen molar-refractivity contribution in [3.8, 4) is 0 Å². The Morgan fingerprint density at radius 2 is 1.06 bits per heavy atom. The van der Waals surface area contributed by atoms with Gasteiger partial charge in [0.05, 0.1) is 0 Å². The molecule has 0 spiro atoms. The van der Waals surface area contributed by atoms with Crippen LogP contribution in [-0.4, -0.2) is 31.2 Å². The van der Waals surface area contributed by atoms with Gasteiger partial charge in [-0.25, -0.2) is 0 Å². The van der Waals surface area contributed by atoms with Gasteiger partial charge in [-0.15, -0.1) is 0 Å². The summed E-state index contributed by atoms with van der Waals surface area (Å²) in [7, 11) is -0.976. The van der Waals surface area contributed by atoms with Gasteiger partial charge >= 0.3 is 116 Å². The molecule has 0 aliphatic heterocycles. The Morgan fingerprint density at radius 3 is 1.50 bits per heavy atom. The summed E-state index contributed by atoms with van der Waals surface area (Å²) in [5.74, 6) is 0. The summed E-state index contributed by atoms with van der Waals surface area (Å²) in [6.07, 6.45) is 17.5. The third-order valence-electron chi connectivity index (χ3n) is 4.34. The first-order valence-electron chi connectivity index (χ1n) is 8.44. The van der Waals surface area contributed by atoms with Crippen molar-refractivity contribution in [2.75, 3.05) is 31.2 Å². The van der Waals surface area contributed by atoms with Crippen LogP contribution >= 0.6 is 7.26 Å². The molecule has 0 bridgehead atoms. The first-order chi connectivity index (χ1) is 8.74. The third-order valence-corrected chi connectivity index (χ3v) is 10.0. The quantitative estimate of drug-likeness (QED) is 0.376. The van der Waals surface area contributed by atoms with Crippen molar-refractivity contribution in [3.63, 3.8) is 0 Å². The van der Waals surface area contributed by atoms with Gasteiger partial charge in [0.2, 0.25) is 0 Å². The van der Waals surface area contributed by atoms with Gasteiger partial charge in [-0.05, 0) is 0 Å². The molecule has 0 aromatic carbocycles. The van der Waals surface area contributed by atoms with Gasteiger partial charge in [0.15, 0.2) is 0 Å². The zero-order valence-electron chi connectivity index (χ0n) is 13.3. The van der Waals surface area contributed by atoms with E-state index in [1.165, 1.54) is 57.5 Å². The van der Waals surface area contributed by atoms with E-state index in [0.717, 1.165) is 6.54 Å². The molecule has 1 nitrogen and oxygen atoms in total. The Balaban J connectivity index is 4.41. The zero-order valence-corrected chi connectivity index (χ0v) is 14.3. The van der Waals surface area contributed by atoms with Crippen LogP contribution in [0.3, 0.4) is 0 Å². The third kappa shape index (κ3) is 8.48. The maximum absolute atomic E-state index is 5.77. The molecule has 0 atom stereocenters. The summed E-state index contributed by atoms with van der Waals surface area (Å²) in [4.78, 5) is 0. The van der Waals surface area contributed by atoms with Crippen molar-refractivity contribution >= 4 is 7.26 Å². The Morgan fingerprint density at radius 1 is 0.611 bits per heavy atom. The fourth-order valence-electron chi connectivity index (χ4n) is 3.08. The van der Waals surface area contributed by atoms with Crippen LogP contribution in [0.2, 0.25) is 0 Å². The van der Waals surface area contributed by atoms with Gasteiger partial charge in [-0.1, -0.05) is 0 Å². The van der Waals surface area contributed by atoms with E-state index < -0.39 is 7.26 Å². The van der Waals surface area contributed by atoms with Crippen LogP contribution in [0.25, 0.3) is 0 Å². The minimum absolute atomic E-state index is 0.904. The number of hydrogen-bond donors (Lipinski definition) is 1. The van der Waals surface area contributed by atoms with Gasteiger partial charge in [0, 0.05) is 0 Å². The molecule has 0 aromatic heterocycles. The predicted octanol–water partition coefficient (Wildman–Crippen LogP) is 4.88. The van der Waals surface area contributed by atoms with Crippen molar-refractivity contribution in [2.24, 2.45) is 5.73 Å². The Kier molecular flexibility index (Phi) is 12.7. The molecule has 112 valence electrons. The van der Waals surface area contributed by atoms with E-state index in [-0.39, 0.29) is 0 Å². The predicted molar refractivity (Wildman–Crippen MR) is 90.8 cm³/mol. The van der Waals surface area contributed by atoms with E-state index in [1.807, 2.05) is 0 Å². The van der Waals surface area contributed by atoms with E-state index >= 15 is 0 Å². The van der Waals surface area contributed by atoms with Crippen LogP contribution in [0.1, 0.15) is 72.1 Å². The molecule has 0 aliphatic carbocycles. The van der Waals surface area contributed by atoms with Crippen LogP contribution in [0.15, 0.2) is 0 Å². The molecule has 0 saturated carbocycles. The average Bonchev–Trinajstić information content (AvgIpc) is 2.40. The van der Waals surface area contributed by atoms with E-state index in [2.05, 4.69) is 20.8 Å². The number of rotatable bonds is 13. The van der Waals surface area contributed by atoms with Gasteiger partial charge in [-0.2, -0.15) is 0 Å². The summed E-state index contributed by atoms with van der Waals surface area (Å²) in [5.41, 5.74) is 5.77. The topological polar surface area (TPSA) is 26.0 Å². The van der Waals surface area contributed by atoms with Crippen molar-refractivity contribution in [1.29, 1.82) is 0 Å². The normalized spacial score (nSPS) is 12.9. The summed E-state index contributed by atoms with van der Waals surface area (Å²) < 4.78 is 0. The van der Waals surface area contributed by atoms with Crippen LogP contribution in [0.5, 0.6) is 0 Å². The van der Waals surface area contributed by atoms with Crippen molar-refractivity contribution < 1.29 is 0 Å². The van der Waals surface area contributed by atoms with Gasteiger partial charge in [0.1, 0.15) is 0 Å². The van der Waals surface area contributed by atoms with Crippen molar-refractivity contribution in [1.82, 2.24) is 0 Å². The summed E-state index contributed by atoms with van der Waals surface area (Å²) in [6, 6.07) is 0. The molecule has 0 fully saturated rings. The minimum atomic E-state index is -0.976. The first-order valence-corrected chi connectivity index (χ1v) is 11.3. The second-order valence-electron chi connectivity index (χ2n) is 6.06. The van der Waals surface area contributed by atoms with Crippen LogP contribution in [0, 0.1) is 0 Å². The monoisotopic (exact) mass is 275 g/mol. The Hall–Kier alpha value is 0.390. The van der Waals surface area contributed by atoms with Crippen LogP contribution in [0.4, 0.5) is 0 Å². The van der Waals surface area contributed by atoms with E-state index in [9.17, 15) is 0 Å². The molecule has 0 rings (SSSR count). The van der Waals surface area contributed by atoms with E-state index in [4.69, 9.17) is 5.73 Å². The molecule has 18 heavy (non-hydrogen) atoms. The van der Waals surface area contributed by atoms with Crippen LogP contribution in [-0.2, 0) is 0 Å². The Bertz CT molecular complexity index is 149. The molecule has 0 radical (unpaired) electrons. The molecule has 2 heteroatoms. The molecule has 0 saturated heterocycles. The molecule has 0 aliphatic rings. The molecule has 0 amide bonds. The molecule has 0 heterocycles. The SMILES string of the molecule is CCCCC[PH](CCCC)(CCCC)CCCN. The zero-order chi connectivity index (χ0) is 13.7. The van der Waals surface area contributed by atoms with Crippen molar-refractivity contribution in [2.45, 2.75) is 72.1 Å². The average molecular weight is 275 g/mol. The summed E-state index contributed by atoms with van der Waals surface area (Å²) in [6.45, 7) is 7.91. The van der Waals surface area contributed by atoms with Gasteiger partial charge in [-0.3, -0.25) is 0 Å². The molecule has 0 aromatic rings. The van der Waals surface area contributed by atoms with Crippen molar-refractivity contribution in [3.05, 3.63) is 0 Å². The maximum atomic E-state index is 5.77. The van der Waals surface area contributed by atoms with Gasteiger partial charge in [0.25, 0.3) is 0 Å². The van der Waals surface area contributed by atoms with Gasteiger partial charge < -0.3 is 0 Å². The second kappa shape index (κ2) is 12.4. The summed E-state index contributed by atoms with van der Waals surface area (Å²) >= 11 is 0. The number of unbranched alkanes of at least 4 members (excludes halogenated alkanes) is 4. The molecule has 0 unspecified atom stereocenters. The van der Waals surface area contributed by atoms with Crippen LogP contribution < -0.4 is 5.73 Å². The fraction of sp³-hybridized carbons (Fsp3) is 1.00. The second-order valence-corrected chi connectivity index (χ2v) is 11.1. The van der Waals surface area contributed by atoms with E-state index in [0.29, 0.717) is 0 Å². The number of hydrogen-bond acceptors (Lipinski definition) is 1. The summed E-state index contributed by atoms with van der Waals surface area (Å²) in [5, 5.41) is 0. The first kappa shape index (κ1) is 18.4.